The number of nitro groups is 1. The molecular formula is C16H24N2O7. The molecule has 1 aromatic rings. The van der Waals surface area contributed by atoms with Gasteiger partial charge in [-0.25, -0.2) is 4.79 Å². The monoisotopic (exact) mass is 356 g/mol. The van der Waals surface area contributed by atoms with Crippen molar-refractivity contribution in [3.8, 4) is 11.5 Å². The van der Waals surface area contributed by atoms with Crippen LogP contribution in [-0.2, 0) is 9.78 Å². The summed E-state index contributed by atoms with van der Waals surface area (Å²) in [6.07, 6.45) is 0.238. The van der Waals surface area contributed by atoms with Crippen molar-refractivity contribution in [2.24, 2.45) is 0 Å². The number of unbranched alkanes of at least 4 members (excludes halogenated alkanes) is 1. The van der Waals surface area contributed by atoms with Gasteiger partial charge in [0.25, 0.3) is 5.69 Å². The van der Waals surface area contributed by atoms with Crippen LogP contribution in [0.4, 0.5) is 10.5 Å². The van der Waals surface area contributed by atoms with Gasteiger partial charge in [-0.2, -0.15) is 4.89 Å². The van der Waals surface area contributed by atoms with E-state index in [2.05, 4.69) is 0 Å². The molecule has 0 bridgehead atoms. The topological polar surface area (TPSA) is 100 Å². The number of amides is 1. The Hall–Kier alpha value is -2.55. The molecule has 140 valence electrons. The molecule has 0 aromatic heterocycles. The summed E-state index contributed by atoms with van der Waals surface area (Å²) >= 11 is 0. The Morgan fingerprint density at radius 1 is 1.28 bits per heavy atom. The maximum atomic E-state index is 11.8. The van der Waals surface area contributed by atoms with Crippen LogP contribution in [0.3, 0.4) is 0 Å². The number of rotatable bonds is 9. The Balaban J connectivity index is 2.91. The molecule has 1 atom stereocenters. The minimum absolute atomic E-state index is 0.201. The first-order chi connectivity index (χ1) is 11.8. The summed E-state index contributed by atoms with van der Waals surface area (Å²) in [5.41, 5.74) is -0.0211. The van der Waals surface area contributed by atoms with Gasteiger partial charge in [-0.05, 0) is 19.4 Å². The van der Waals surface area contributed by atoms with E-state index in [1.807, 2.05) is 6.92 Å². The molecule has 0 aliphatic heterocycles. The number of hydrogen-bond donors (Lipinski definition) is 0. The molecular weight excluding hydrogens is 332 g/mol. The maximum absolute atomic E-state index is 11.8. The predicted octanol–water partition coefficient (Wildman–Crippen LogP) is 3.47. The molecule has 9 nitrogen and oxygen atoms in total. The van der Waals surface area contributed by atoms with Crippen LogP contribution in [0.25, 0.3) is 0 Å². The molecule has 0 N–H and O–H groups in total. The molecule has 25 heavy (non-hydrogen) atoms. The van der Waals surface area contributed by atoms with Crippen molar-refractivity contribution in [1.82, 2.24) is 4.90 Å². The Kier molecular flexibility index (Phi) is 7.93. The second-order valence-electron chi connectivity index (χ2n) is 5.39. The molecule has 1 rings (SSSR count). The van der Waals surface area contributed by atoms with Crippen LogP contribution in [0.5, 0.6) is 11.5 Å². The van der Waals surface area contributed by atoms with E-state index in [0.717, 1.165) is 12.8 Å². The van der Waals surface area contributed by atoms with Gasteiger partial charge in [0.05, 0.1) is 30.8 Å². The number of carbonyl (C=O) groups excluding carboxylic acids is 1. The number of benzene rings is 1. The molecule has 0 fully saturated rings. The highest BCUT2D eigenvalue weighted by atomic mass is 17.2. The molecule has 9 heteroatoms. The summed E-state index contributed by atoms with van der Waals surface area (Å²) in [4.78, 5) is 33.8. The lowest BCUT2D eigenvalue weighted by Crippen LogP contribution is -2.28. The van der Waals surface area contributed by atoms with E-state index < -0.39 is 17.1 Å². The number of nitro benzene ring substituents is 1. The Labute approximate surface area is 146 Å². The zero-order valence-electron chi connectivity index (χ0n) is 15.1. The number of hydrogen-bond acceptors (Lipinski definition) is 7. The average molecular weight is 356 g/mol. The summed E-state index contributed by atoms with van der Waals surface area (Å²) in [6, 6.07) is 2.67. The number of methoxy groups -OCH3 is 2. The summed E-state index contributed by atoms with van der Waals surface area (Å²) < 4.78 is 10.2. The standard InChI is InChI=1S/C16H24N2O7/c1-6-7-8-17(3)16(19)25-24-11(2)12-9-14(22-4)15(23-5)10-13(12)18(20)21/h9-11H,6-8H2,1-5H3. The molecule has 0 aliphatic rings. The van der Waals surface area contributed by atoms with E-state index in [1.165, 1.54) is 38.2 Å². The minimum atomic E-state index is -0.872. The third kappa shape index (κ3) is 5.49. The quantitative estimate of drug-likeness (QED) is 0.379. The SMILES string of the molecule is CCCCN(C)C(=O)OOC(C)c1cc(OC)c(OC)cc1[N+](=O)[O-]. The molecule has 1 amide bonds. The predicted molar refractivity (Wildman–Crippen MR) is 89.7 cm³/mol. The summed E-state index contributed by atoms with van der Waals surface area (Å²) in [5.74, 6) is 0.534. The van der Waals surface area contributed by atoms with E-state index in [4.69, 9.17) is 19.2 Å². The second kappa shape index (κ2) is 9.67. The van der Waals surface area contributed by atoms with Crippen LogP contribution >= 0.6 is 0 Å². The molecule has 0 spiro atoms. The summed E-state index contributed by atoms with van der Waals surface area (Å²) in [6.45, 7) is 4.07. The van der Waals surface area contributed by atoms with Crippen molar-refractivity contribution >= 4 is 11.8 Å². The van der Waals surface area contributed by atoms with Gasteiger partial charge in [0.1, 0.15) is 6.10 Å². The van der Waals surface area contributed by atoms with Gasteiger partial charge < -0.3 is 14.4 Å². The first-order valence-corrected chi connectivity index (χ1v) is 7.84. The Morgan fingerprint density at radius 3 is 2.40 bits per heavy atom. The zero-order chi connectivity index (χ0) is 19.0. The molecule has 0 aliphatic carbocycles. The Bertz CT molecular complexity index is 606. The average Bonchev–Trinajstić information content (AvgIpc) is 2.62. The first-order valence-electron chi connectivity index (χ1n) is 7.84. The van der Waals surface area contributed by atoms with Gasteiger partial charge in [0.2, 0.25) is 0 Å². The highest BCUT2D eigenvalue weighted by Crippen LogP contribution is 2.38. The van der Waals surface area contributed by atoms with Crippen molar-refractivity contribution in [1.29, 1.82) is 0 Å². The zero-order valence-corrected chi connectivity index (χ0v) is 15.1. The van der Waals surface area contributed by atoms with Crippen LogP contribution in [0.1, 0.15) is 38.4 Å². The fourth-order valence-corrected chi connectivity index (χ4v) is 2.08. The fraction of sp³-hybridized carbons (Fsp3) is 0.562. The highest BCUT2D eigenvalue weighted by molar-refractivity contribution is 5.66. The lowest BCUT2D eigenvalue weighted by molar-refractivity contribution is -0.387. The van der Waals surface area contributed by atoms with Crippen LogP contribution in [-0.4, -0.2) is 43.7 Å². The fourth-order valence-electron chi connectivity index (χ4n) is 2.08. The lowest BCUT2D eigenvalue weighted by atomic mass is 10.1. The van der Waals surface area contributed by atoms with E-state index in [0.29, 0.717) is 12.3 Å². The normalized spacial score (nSPS) is 11.6. The smallest absolute Gasteiger partial charge is 0.441 e. The van der Waals surface area contributed by atoms with E-state index in [9.17, 15) is 14.9 Å². The third-order valence-electron chi connectivity index (χ3n) is 3.59. The molecule has 1 unspecified atom stereocenters. The maximum Gasteiger partial charge on any atom is 0.441 e. The van der Waals surface area contributed by atoms with Gasteiger partial charge in [-0.15, -0.1) is 0 Å². The largest absolute Gasteiger partial charge is 0.493 e. The van der Waals surface area contributed by atoms with Crippen molar-refractivity contribution in [3.63, 3.8) is 0 Å². The van der Waals surface area contributed by atoms with Crippen molar-refractivity contribution in [2.45, 2.75) is 32.8 Å². The van der Waals surface area contributed by atoms with E-state index >= 15 is 0 Å². The number of carbonyl (C=O) groups is 1. The third-order valence-corrected chi connectivity index (χ3v) is 3.59. The number of ether oxygens (including phenoxy) is 2. The second-order valence-corrected chi connectivity index (χ2v) is 5.39. The van der Waals surface area contributed by atoms with Gasteiger partial charge in [-0.1, -0.05) is 13.3 Å². The van der Waals surface area contributed by atoms with Crippen LogP contribution in [0, 0.1) is 10.1 Å². The lowest BCUT2D eigenvalue weighted by Gasteiger charge is -2.18. The van der Waals surface area contributed by atoms with Gasteiger partial charge in [0, 0.05) is 13.6 Å². The van der Waals surface area contributed by atoms with E-state index in [-0.39, 0.29) is 17.0 Å². The van der Waals surface area contributed by atoms with Gasteiger partial charge in [-0.3, -0.25) is 15.0 Å². The first kappa shape index (κ1) is 20.5. The highest BCUT2D eigenvalue weighted by Gasteiger charge is 2.25. The molecule has 0 saturated heterocycles. The summed E-state index contributed by atoms with van der Waals surface area (Å²) in [7, 11) is 4.39. The molecule has 1 aromatic carbocycles. The number of nitrogens with zero attached hydrogens (tertiary/aromatic N) is 2. The van der Waals surface area contributed by atoms with Crippen LogP contribution in [0.2, 0.25) is 0 Å². The molecule has 0 radical (unpaired) electrons. The minimum Gasteiger partial charge on any atom is -0.493 e. The molecule has 0 saturated carbocycles. The van der Waals surface area contributed by atoms with Crippen LogP contribution in [0.15, 0.2) is 12.1 Å². The van der Waals surface area contributed by atoms with Gasteiger partial charge in [0.15, 0.2) is 11.5 Å². The van der Waals surface area contributed by atoms with E-state index in [1.54, 1.807) is 7.05 Å². The van der Waals surface area contributed by atoms with Crippen molar-refractivity contribution in [2.75, 3.05) is 27.8 Å². The summed E-state index contributed by atoms with van der Waals surface area (Å²) in [5, 5.41) is 11.3. The Morgan fingerprint density at radius 2 is 1.88 bits per heavy atom. The van der Waals surface area contributed by atoms with Crippen molar-refractivity contribution in [3.05, 3.63) is 27.8 Å². The van der Waals surface area contributed by atoms with Crippen LogP contribution < -0.4 is 9.47 Å². The van der Waals surface area contributed by atoms with Gasteiger partial charge >= 0.3 is 6.09 Å². The molecule has 0 heterocycles. The van der Waals surface area contributed by atoms with Crippen molar-refractivity contribution < 1.29 is 29.0 Å².